The Hall–Kier alpha value is -1.42. The second-order valence-electron chi connectivity index (χ2n) is 4.78. The molecule has 4 nitrogen and oxygen atoms in total. The van der Waals surface area contributed by atoms with Crippen molar-refractivity contribution in [2.75, 3.05) is 6.54 Å². The smallest absolute Gasteiger partial charge is 0.109 e. The minimum atomic E-state index is 0.688. The number of aromatic nitrogens is 3. The molecule has 17 heavy (non-hydrogen) atoms. The van der Waals surface area contributed by atoms with E-state index in [1.165, 1.54) is 31.6 Å². The quantitative estimate of drug-likeness (QED) is 0.872. The molecule has 0 bridgehead atoms. The second-order valence-corrected chi connectivity index (χ2v) is 4.78. The van der Waals surface area contributed by atoms with Crippen LogP contribution in [-0.4, -0.2) is 27.1 Å². The lowest BCUT2D eigenvalue weighted by Crippen LogP contribution is -2.22. The monoisotopic (exact) mass is 230 g/mol. The van der Waals surface area contributed by atoms with Crippen LogP contribution in [0.2, 0.25) is 0 Å². The van der Waals surface area contributed by atoms with Crippen molar-refractivity contribution in [2.45, 2.75) is 31.7 Å². The van der Waals surface area contributed by atoms with E-state index in [1.54, 1.807) is 6.20 Å². The molecule has 0 radical (unpaired) electrons. The summed E-state index contributed by atoms with van der Waals surface area (Å²) in [5.74, 6) is 1.17. The molecule has 1 aliphatic heterocycles. The summed E-state index contributed by atoms with van der Waals surface area (Å²) in [5, 5.41) is 3.53. The first-order chi connectivity index (χ1) is 8.34. The molecule has 1 fully saturated rings. The highest BCUT2D eigenvalue weighted by atomic mass is 15.1. The Balaban J connectivity index is 1.78. The predicted molar refractivity (Wildman–Crippen MR) is 67.9 cm³/mol. The SMILES string of the molecule is Cn1c(CCC2CCCN2)nc2ccncc21. The van der Waals surface area contributed by atoms with Gasteiger partial charge in [0, 0.05) is 25.7 Å². The molecule has 3 heterocycles. The van der Waals surface area contributed by atoms with Crippen LogP contribution in [0.15, 0.2) is 18.5 Å². The van der Waals surface area contributed by atoms with E-state index in [2.05, 4.69) is 26.9 Å². The molecule has 3 rings (SSSR count). The number of nitrogens with one attached hydrogen (secondary N) is 1. The van der Waals surface area contributed by atoms with Crippen LogP contribution in [0.1, 0.15) is 25.1 Å². The van der Waals surface area contributed by atoms with E-state index >= 15 is 0 Å². The van der Waals surface area contributed by atoms with E-state index in [0.717, 1.165) is 17.5 Å². The topological polar surface area (TPSA) is 42.7 Å². The van der Waals surface area contributed by atoms with Gasteiger partial charge in [0.2, 0.25) is 0 Å². The van der Waals surface area contributed by atoms with Gasteiger partial charge in [0.05, 0.1) is 17.2 Å². The molecule has 0 spiro atoms. The Kier molecular flexibility index (Phi) is 2.81. The van der Waals surface area contributed by atoms with Crippen molar-refractivity contribution in [3.05, 3.63) is 24.3 Å². The van der Waals surface area contributed by atoms with Gasteiger partial charge in [0.15, 0.2) is 0 Å². The highest BCUT2D eigenvalue weighted by molar-refractivity contribution is 5.74. The summed E-state index contributed by atoms with van der Waals surface area (Å²) in [7, 11) is 2.08. The number of hydrogen-bond acceptors (Lipinski definition) is 3. The number of nitrogens with zero attached hydrogens (tertiary/aromatic N) is 3. The Morgan fingerprint density at radius 3 is 3.24 bits per heavy atom. The minimum Gasteiger partial charge on any atom is -0.330 e. The van der Waals surface area contributed by atoms with Crippen LogP contribution in [-0.2, 0) is 13.5 Å². The summed E-state index contributed by atoms with van der Waals surface area (Å²) in [6, 6.07) is 2.67. The molecule has 0 aliphatic carbocycles. The van der Waals surface area contributed by atoms with Crippen molar-refractivity contribution in [1.29, 1.82) is 0 Å². The fraction of sp³-hybridized carbons (Fsp3) is 0.538. The first-order valence-electron chi connectivity index (χ1n) is 6.33. The summed E-state index contributed by atoms with van der Waals surface area (Å²) in [5.41, 5.74) is 2.18. The maximum atomic E-state index is 4.67. The molecule has 2 aromatic rings. The van der Waals surface area contributed by atoms with Crippen LogP contribution in [0.4, 0.5) is 0 Å². The van der Waals surface area contributed by atoms with Gasteiger partial charge in [0.25, 0.3) is 0 Å². The maximum Gasteiger partial charge on any atom is 0.109 e. The zero-order valence-electron chi connectivity index (χ0n) is 10.2. The molecule has 1 N–H and O–H groups in total. The molecule has 0 amide bonds. The maximum absolute atomic E-state index is 4.67. The van der Waals surface area contributed by atoms with Gasteiger partial charge in [-0.15, -0.1) is 0 Å². The van der Waals surface area contributed by atoms with Gasteiger partial charge in [-0.25, -0.2) is 4.98 Å². The third-order valence-electron chi connectivity index (χ3n) is 3.65. The van der Waals surface area contributed by atoms with Crippen molar-refractivity contribution >= 4 is 11.0 Å². The van der Waals surface area contributed by atoms with Crippen molar-refractivity contribution in [3.8, 4) is 0 Å². The fourth-order valence-corrected chi connectivity index (χ4v) is 2.61. The standard InChI is InChI=1S/C13H18N4/c1-17-12-9-14-8-6-11(12)16-13(17)5-4-10-3-2-7-15-10/h6,8-10,15H,2-5,7H2,1H3. The van der Waals surface area contributed by atoms with Gasteiger partial charge in [-0.2, -0.15) is 0 Å². The van der Waals surface area contributed by atoms with Gasteiger partial charge < -0.3 is 9.88 Å². The molecule has 90 valence electrons. The molecule has 1 unspecified atom stereocenters. The van der Waals surface area contributed by atoms with E-state index in [0.29, 0.717) is 6.04 Å². The summed E-state index contributed by atoms with van der Waals surface area (Å²) in [6.07, 6.45) is 8.55. The summed E-state index contributed by atoms with van der Waals surface area (Å²) in [4.78, 5) is 8.82. The molecular formula is C13H18N4. The van der Waals surface area contributed by atoms with Crippen LogP contribution < -0.4 is 5.32 Å². The lowest BCUT2D eigenvalue weighted by molar-refractivity contribution is 0.546. The van der Waals surface area contributed by atoms with Crippen LogP contribution in [0.3, 0.4) is 0 Å². The van der Waals surface area contributed by atoms with Gasteiger partial charge in [-0.3, -0.25) is 4.98 Å². The van der Waals surface area contributed by atoms with Crippen LogP contribution in [0.5, 0.6) is 0 Å². The number of aryl methyl sites for hydroxylation is 2. The Morgan fingerprint density at radius 2 is 2.47 bits per heavy atom. The number of imidazole rings is 1. The molecule has 1 atom stereocenters. The molecule has 1 saturated heterocycles. The third kappa shape index (κ3) is 2.05. The Bertz CT molecular complexity index is 511. The van der Waals surface area contributed by atoms with Crippen molar-refractivity contribution in [1.82, 2.24) is 19.9 Å². The zero-order chi connectivity index (χ0) is 11.7. The summed E-state index contributed by atoms with van der Waals surface area (Å²) in [6.45, 7) is 1.18. The van der Waals surface area contributed by atoms with Crippen LogP contribution in [0.25, 0.3) is 11.0 Å². The minimum absolute atomic E-state index is 0.688. The van der Waals surface area contributed by atoms with Gasteiger partial charge >= 0.3 is 0 Å². The lowest BCUT2D eigenvalue weighted by atomic mass is 10.1. The van der Waals surface area contributed by atoms with Crippen molar-refractivity contribution in [3.63, 3.8) is 0 Å². The highest BCUT2D eigenvalue weighted by Crippen LogP contribution is 2.16. The number of hydrogen-bond donors (Lipinski definition) is 1. The van der Waals surface area contributed by atoms with Crippen LogP contribution in [0, 0.1) is 0 Å². The normalized spacial score (nSPS) is 20.2. The van der Waals surface area contributed by atoms with E-state index in [-0.39, 0.29) is 0 Å². The number of fused-ring (bicyclic) bond motifs is 1. The van der Waals surface area contributed by atoms with Crippen LogP contribution >= 0.6 is 0 Å². The highest BCUT2D eigenvalue weighted by Gasteiger charge is 2.15. The Morgan fingerprint density at radius 1 is 1.53 bits per heavy atom. The van der Waals surface area contributed by atoms with Crippen molar-refractivity contribution < 1.29 is 0 Å². The van der Waals surface area contributed by atoms with Gasteiger partial charge in [-0.05, 0) is 31.9 Å². The number of pyridine rings is 1. The molecule has 0 aromatic carbocycles. The largest absolute Gasteiger partial charge is 0.330 e. The first-order valence-corrected chi connectivity index (χ1v) is 6.33. The van der Waals surface area contributed by atoms with Crippen molar-refractivity contribution in [2.24, 2.45) is 7.05 Å². The zero-order valence-corrected chi connectivity index (χ0v) is 10.2. The van der Waals surface area contributed by atoms with Gasteiger partial charge in [0.1, 0.15) is 5.82 Å². The summed E-state index contributed by atoms with van der Waals surface area (Å²) >= 11 is 0. The molecule has 0 saturated carbocycles. The predicted octanol–water partition coefficient (Wildman–Crippen LogP) is 1.65. The van der Waals surface area contributed by atoms with E-state index < -0.39 is 0 Å². The first kappa shape index (κ1) is 10.7. The fourth-order valence-electron chi connectivity index (χ4n) is 2.61. The van der Waals surface area contributed by atoms with Gasteiger partial charge in [-0.1, -0.05) is 0 Å². The van der Waals surface area contributed by atoms with E-state index in [9.17, 15) is 0 Å². The molecular weight excluding hydrogens is 212 g/mol. The van der Waals surface area contributed by atoms with E-state index in [4.69, 9.17) is 0 Å². The Labute approximate surface area is 101 Å². The third-order valence-corrected chi connectivity index (χ3v) is 3.65. The molecule has 1 aliphatic rings. The lowest BCUT2D eigenvalue weighted by Gasteiger charge is -2.09. The van der Waals surface area contributed by atoms with E-state index in [1.807, 2.05) is 12.3 Å². The summed E-state index contributed by atoms with van der Waals surface area (Å²) < 4.78 is 2.16. The second kappa shape index (κ2) is 4.45. The average molecular weight is 230 g/mol. The molecule has 4 heteroatoms. The molecule has 2 aromatic heterocycles. The average Bonchev–Trinajstić information content (AvgIpc) is 2.96. The number of rotatable bonds is 3.